The fourth-order valence-corrected chi connectivity index (χ4v) is 1.30. The fourth-order valence-electron chi connectivity index (χ4n) is 1.30. The van der Waals surface area contributed by atoms with Crippen LogP contribution in [0.4, 0.5) is 0 Å². The van der Waals surface area contributed by atoms with Crippen LogP contribution in [0, 0.1) is 6.92 Å². The van der Waals surface area contributed by atoms with Gasteiger partial charge < -0.3 is 0 Å². The summed E-state index contributed by atoms with van der Waals surface area (Å²) in [6.07, 6.45) is 1.33. The highest BCUT2D eigenvalue weighted by Crippen LogP contribution is 2.07. The van der Waals surface area contributed by atoms with Crippen molar-refractivity contribution in [1.29, 1.82) is 0 Å². The number of benzene rings is 1. The molecular formula is C14H16O. The molecule has 1 rings (SSSR count). The Morgan fingerprint density at radius 3 is 2.47 bits per heavy atom. The first kappa shape index (κ1) is 11.5. The lowest BCUT2D eigenvalue weighted by Gasteiger charge is -2.01. The molecule has 1 aromatic carbocycles. The Morgan fingerprint density at radius 1 is 1.33 bits per heavy atom. The molecule has 0 atom stereocenters. The predicted molar refractivity (Wildman–Crippen MR) is 62.8 cm³/mol. The molecular weight excluding hydrogens is 184 g/mol. The first-order chi connectivity index (χ1) is 7.13. The number of carbonyl (C=O) groups is 1. The van der Waals surface area contributed by atoms with E-state index in [0.717, 1.165) is 6.42 Å². The van der Waals surface area contributed by atoms with Crippen LogP contribution in [0.3, 0.4) is 0 Å². The monoisotopic (exact) mass is 200 g/mol. The summed E-state index contributed by atoms with van der Waals surface area (Å²) in [5, 5.41) is 0. The number of hydrogen-bond acceptors (Lipinski definition) is 1. The Hall–Kier alpha value is -1.59. The van der Waals surface area contributed by atoms with Crippen LogP contribution in [0.25, 0.3) is 0 Å². The molecule has 0 bridgehead atoms. The van der Waals surface area contributed by atoms with Crippen molar-refractivity contribution in [2.75, 3.05) is 0 Å². The zero-order valence-corrected chi connectivity index (χ0v) is 9.34. The van der Waals surface area contributed by atoms with Crippen molar-refractivity contribution in [1.82, 2.24) is 0 Å². The van der Waals surface area contributed by atoms with Crippen molar-refractivity contribution in [3.63, 3.8) is 0 Å². The molecule has 0 fully saturated rings. The molecule has 0 aromatic heterocycles. The zero-order valence-electron chi connectivity index (χ0n) is 9.34. The van der Waals surface area contributed by atoms with Crippen molar-refractivity contribution < 1.29 is 4.79 Å². The maximum Gasteiger partial charge on any atom is 0.166 e. The van der Waals surface area contributed by atoms with Crippen molar-refractivity contribution in [3.05, 3.63) is 53.3 Å². The highest BCUT2D eigenvalue weighted by Gasteiger charge is 2.03. The second-order valence-corrected chi connectivity index (χ2v) is 3.71. The minimum atomic E-state index is 0.130. The van der Waals surface area contributed by atoms with E-state index in [0.29, 0.717) is 12.0 Å². The summed E-state index contributed by atoms with van der Waals surface area (Å²) in [5.74, 6) is 0.130. The maximum absolute atomic E-state index is 11.5. The second kappa shape index (κ2) is 5.33. The number of Topliss-reactive ketones (excluding diaryl/α,β-unsaturated/α-hetero) is 1. The average molecular weight is 200 g/mol. The van der Waals surface area contributed by atoms with E-state index in [1.54, 1.807) is 6.92 Å². The first-order valence-corrected chi connectivity index (χ1v) is 5.09. The molecule has 0 aliphatic carbocycles. The lowest BCUT2D eigenvalue weighted by atomic mass is 10.0. The van der Waals surface area contributed by atoms with Gasteiger partial charge in [0.25, 0.3) is 0 Å². The highest BCUT2D eigenvalue weighted by atomic mass is 16.1. The third-order valence-corrected chi connectivity index (χ3v) is 2.44. The van der Waals surface area contributed by atoms with Gasteiger partial charge in [-0.25, -0.2) is 0 Å². The fraction of sp³-hybridized carbons (Fsp3) is 0.286. The van der Waals surface area contributed by atoms with Crippen LogP contribution >= 0.6 is 0 Å². The van der Waals surface area contributed by atoms with Gasteiger partial charge in [-0.1, -0.05) is 36.4 Å². The number of rotatable bonds is 4. The van der Waals surface area contributed by atoms with Gasteiger partial charge in [-0.3, -0.25) is 4.79 Å². The van der Waals surface area contributed by atoms with Crippen molar-refractivity contribution in [3.8, 4) is 0 Å². The summed E-state index contributed by atoms with van der Waals surface area (Å²) in [6, 6.07) is 8.26. The Morgan fingerprint density at radius 2 is 1.93 bits per heavy atom. The minimum absolute atomic E-state index is 0.130. The summed E-state index contributed by atoms with van der Waals surface area (Å²) >= 11 is 0. The standard InChI is InChI=1S/C14H16O/c1-4-12(3)14(15)10-9-13-7-5-11(2)6-8-13/h5-8H,1,9-10H2,2-3H3. The summed E-state index contributed by atoms with van der Waals surface area (Å²) in [6.45, 7) is 7.27. The van der Waals surface area contributed by atoms with Gasteiger partial charge in [0.2, 0.25) is 0 Å². The minimum Gasteiger partial charge on any atom is -0.294 e. The number of carbonyl (C=O) groups excluding carboxylic acids is 1. The first-order valence-electron chi connectivity index (χ1n) is 5.09. The molecule has 0 amide bonds. The van der Waals surface area contributed by atoms with Gasteiger partial charge in [0.15, 0.2) is 5.78 Å². The molecule has 1 nitrogen and oxygen atoms in total. The van der Waals surface area contributed by atoms with Crippen molar-refractivity contribution in [2.45, 2.75) is 26.7 Å². The summed E-state index contributed by atoms with van der Waals surface area (Å²) in [5.41, 5.74) is 5.70. The van der Waals surface area contributed by atoms with Crippen LogP contribution in [0.5, 0.6) is 0 Å². The molecule has 15 heavy (non-hydrogen) atoms. The predicted octanol–water partition coefficient (Wildman–Crippen LogP) is 3.23. The third-order valence-electron chi connectivity index (χ3n) is 2.44. The summed E-state index contributed by atoms with van der Waals surface area (Å²) in [4.78, 5) is 11.5. The van der Waals surface area contributed by atoms with Gasteiger partial charge in [0, 0.05) is 12.0 Å². The van der Waals surface area contributed by atoms with Crippen molar-refractivity contribution in [2.24, 2.45) is 0 Å². The Balaban J connectivity index is 2.54. The summed E-state index contributed by atoms with van der Waals surface area (Å²) < 4.78 is 0. The lowest BCUT2D eigenvalue weighted by molar-refractivity contribution is -0.115. The number of aryl methyl sites for hydroxylation is 2. The normalized spacial score (nSPS) is 9.47. The average Bonchev–Trinajstić information content (AvgIpc) is 2.26. The Labute approximate surface area is 91.1 Å². The smallest absolute Gasteiger partial charge is 0.166 e. The van der Waals surface area contributed by atoms with Crippen LogP contribution in [0.15, 0.2) is 42.1 Å². The number of hydrogen-bond donors (Lipinski definition) is 0. The second-order valence-electron chi connectivity index (χ2n) is 3.71. The molecule has 0 N–H and O–H groups in total. The molecule has 0 unspecified atom stereocenters. The molecule has 0 saturated carbocycles. The topological polar surface area (TPSA) is 17.1 Å². The molecule has 0 radical (unpaired) electrons. The maximum atomic E-state index is 11.5. The van der Waals surface area contributed by atoms with Crippen LogP contribution < -0.4 is 0 Å². The third kappa shape index (κ3) is 3.57. The van der Waals surface area contributed by atoms with Gasteiger partial charge in [-0.2, -0.15) is 0 Å². The molecule has 1 aromatic rings. The van der Waals surface area contributed by atoms with E-state index in [-0.39, 0.29) is 5.78 Å². The largest absolute Gasteiger partial charge is 0.294 e. The molecule has 0 saturated heterocycles. The molecule has 1 heteroatoms. The summed E-state index contributed by atoms with van der Waals surface area (Å²) in [7, 11) is 0. The van der Waals surface area contributed by atoms with E-state index in [9.17, 15) is 4.79 Å². The molecule has 0 spiro atoms. The number of allylic oxidation sites excluding steroid dienone is 1. The Kier molecular flexibility index (Phi) is 4.08. The van der Waals surface area contributed by atoms with E-state index in [1.807, 2.05) is 0 Å². The van der Waals surface area contributed by atoms with Gasteiger partial charge >= 0.3 is 0 Å². The molecule has 0 aliphatic rings. The highest BCUT2D eigenvalue weighted by molar-refractivity contribution is 5.94. The lowest BCUT2D eigenvalue weighted by Crippen LogP contribution is -2.00. The van der Waals surface area contributed by atoms with Gasteiger partial charge in [0.1, 0.15) is 0 Å². The molecule has 0 aliphatic heterocycles. The molecule has 78 valence electrons. The van der Waals surface area contributed by atoms with E-state index >= 15 is 0 Å². The van der Waals surface area contributed by atoms with Gasteiger partial charge in [-0.15, -0.1) is 5.73 Å². The van der Waals surface area contributed by atoms with Gasteiger partial charge in [0.05, 0.1) is 0 Å². The van der Waals surface area contributed by atoms with E-state index < -0.39 is 0 Å². The quantitative estimate of drug-likeness (QED) is 0.538. The van der Waals surface area contributed by atoms with Gasteiger partial charge in [-0.05, 0) is 25.8 Å². The van der Waals surface area contributed by atoms with Crippen LogP contribution in [-0.4, -0.2) is 5.78 Å². The van der Waals surface area contributed by atoms with Crippen LogP contribution in [0.1, 0.15) is 24.5 Å². The zero-order chi connectivity index (χ0) is 11.3. The van der Waals surface area contributed by atoms with Crippen LogP contribution in [0.2, 0.25) is 0 Å². The number of ketones is 1. The Bertz CT molecular complexity index is 392. The van der Waals surface area contributed by atoms with E-state index in [4.69, 9.17) is 0 Å². The van der Waals surface area contributed by atoms with Crippen molar-refractivity contribution >= 4 is 5.78 Å². The van der Waals surface area contributed by atoms with E-state index in [1.165, 1.54) is 11.1 Å². The SMILES string of the molecule is C=C=C(C)C(=O)CCc1ccc(C)cc1. The molecule has 0 heterocycles. The van der Waals surface area contributed by atoms with Crippen LogP contribution in [-0.2, 0) is 11.2 Å². The van der Waals surface area contributed by atoms with E-state index in [2.05, 4.69) is 43.5 Å².